The average Bonchev–Trinajstić information content (AvgIpc) is 3.33. The van der Waals surface area contributed by atoms with Gasteiger partial charge in [0.1, 0.15) is 0 Å². The molecule has 0 aliphatic carbocycles. The standard InChI is InChI=1S/C27H37N5O4/c1-18(2)36-12-4-7-30-8-10-31(11-9-30)27(34)21-16-22-24(15-19(21)3)29-26(33)23-17-28-32(25(22)23)20-5-13-35-14-6-20/h15-18,20H,4-14H2,1-3H3,(H,29,33). The summed E-state index contributed by atoms with van der Waals surface area (Å²) in [5.41, 5.74) is 2.96. The quantitative estimate of drug-likeness (QED) is 0.507. The van der Waals surface area contributed by atoms with Gasteiger partial charge in [0.05, 0.1) is 34.8 Å². The second-order valence-electron chi connectivity index (χ2n) is 10.3. The normalized spacial score (nSPS) is 18.1. The number of carbonyl (C=O) groups excluding carboxylic acids is 1. The van der Waals surface area contributed by atoms with E-state index in [0.717, 1.165) is 67.5 Å². The van der Waals surface area contributed by atoms with E-state index >= 15 is 0 Å². The van der Waals surface area contributed by atoms with Crippen molar-refractivity contribution in [3.8, 4) is 0 Å². The number of aromatic nitrogens is 3. The number of benzene rings is 1. The van der Waals surface area contributed by atoms with Gasteiger partial charge in [0.15, 0.2) is 0 Å². The molecule has 2 fully saturated rings. The molecule has 194 valence electrons. The maximum atomic E-state index is 13.6. The van der Waals surface area contributed by atoms with Gasteiger partial charge >= 0.3 is 0 Å². The molecule has 3 aromatic rings. The maximum Gasteiger partial charge on any atom is 0.259 e. The third-order valence-electron chi connectivity index (χ3n) is 7.40. The third kappa shape index (κ3) is 5.05. The number of aryl methyl sites for hydroxylation is 1. The topological polar surface area (TPSA) is 92.7 Å². The van der Waals surface area contributed by atoms with Gasteiger partial charge in [0.25, 0.3) is 11.5 Å². The Kier molecular flexibility index (Phi) is 7.41. The first-order chi connectivity index (χ1) is 17.4. The SMILES string of the molecule is Cc1cc2[nH]c(=O)c3cnn(C4CCOCC4)c3c2cc1C(=O)N1CCN(CCCOC(C)C)CC1. The zero-order valence-corrected chi connectivity index (χ0v) is 21.6. The number of piperazine rings is 1. The van der Waals surface area contributed by atoms with Crippen LogP contribution in [0.2, 0.25) is 0 Å². The summed E-state index contributed by atoms with van der Waals surface area (Å²) >= 11 is 0. The molecule has 4 heterocycles. The molecule has 1 amide bonds. The van der Waals surface area contributed by atoms with E-state index < -0.39 is 0 Å². The Morgan fingerprint density at radius 2 is 1.92 bits per heavy atom. The highest BCUT2D eigenvalue weighted by molar-refractivity contribution is 6.07. The lowest BCUT2D eigenvalue weighted by Crippen LogP contribution is -2.49. The second kappa shape index (κ2) is 10.7. The number of ether oxygens (including phenoxy) is 2. The van der Waals surface area contributed by atoms with Crippen LogP contribution in [-0.2, 0) is 9.47 Å². The molecule has 0 spiro atoms. The maximum absolute atomic E-state index is 13.6. The number of amides is 1. The van der Waals surface area contributed by atoms with Crippen molar-refractivity contribution in [3.63, 3.8) is 0 Å². The first kappa shape index (κ1) is 24.9. The molecule has 1 aromatic carbocycles. The minimum Gasteiger partial charge on any atom is -0.381 e. The molecule has 0 unspecified atom stereocenters. The van der Waals surface area contributed by atoms with Crippen LogP contribution < -0.4 is 5.56 Å². The number of fused-ring (bicyclic) bond motifs is 3. The number of hydrogen-bond donors (Lipinski definition) is 1. The van der Waals surface area contributed by atoms with Crippen LogP contribution >= 0.6 is 0 Å². The minimum absolute atomic E-state index is 0.0497. The van der Waals surface area contributed by atoms with Crippen LogP contribution in [0.25, 0.3) is 21.8 Å². The largest absolute Gasteiger partial charge is 0.381 e. The van der Waals surface area contributed by atoms with Crippen molar-refractivity contribution in [1.29, 1.82) is 0 Å². The fourth-order valence-corrected chi connectivity index (χ4v) is 5.38. The summed E-state index contributed by atoms with van der Waals surface area (Å²) < 4.78 is 13.2. The third-order valence-corrected chi connectivity index (χ3v) is 7.40. The molecule has 5 rings (SSSR count). The van der Waals surface area contributed by atoms with Gasteiger partial charge < -0.3 is 19.4 Å². The fourth-order valence-electron chi connectivity index (χ4n) is 5.38. The van der Waals surface area contributed by atoms with E-state index in [2.05, 4.69) is 28.8 Å². The Labute approximate surface area is 211 Å². The summed E-state index contributed by atoms with van der Waals surface area (Å²) in [4.78, 5) is 33.8. The fraction of sp³-hybridized carbons (Fsp3) is 0.593. The Bertz CT molecular complexity index is 1280. The summed E-state index contributed by atoms with van der Waals surface area (Å²) in [6.45, 7) is 12.4. The number of aromatic amines is 1. The van der Waals surface area contributed by atoms with E-state index in [1.807, 2.05) is 28.6 Å². The van der Waals surface area contributed by atoms with E-state index in [9.17, 15) is 9.59 Å². The Hall–Kier alpha value is -2.75. The number of hydrogen-bond acceptors (Lipinski definition) is 6. The monoisotopic (exact) mass is 495 g/mol. The van der Waals surface area contributed by atoms with Gasteiger partial charge in [0.2, 0.25) is 0 Å². The summed E-state index contributed by atoms with van der Waals surface area (Å²) in [5, 5.41) is 6.02. The number of pyridine rings is 1. The Morgan fingerprint density at radius 1 is 1.17 bits per heavy atom. The molecule has 9 nitrogen and oxygen atoms in total. The minimum atomic E-state index is -0.149. The number of H-pyrrole nitrogens is 1. The molecule has 0 saturated carbocycles. The summed E-state index contributed by atoms with van der Waals surface area (Å²) in [5.74, 6) is 0.0497. The summed E-state index contributed by atoms with van der Waals surface area (Å²) in [6.07, 6.45) is 4.63. The molecule has 36 heavy (non-hydrogen) atoms. The van der Waals surface area contributed by atoms with Gasteiger partial charge in [-0.05, 0) is 57.7 Å². The van der Waals surface area contributed by atoms with E-state index in [1.54, 1.807) is 6.20 Å². The molecular weight excluding hydrogens is 458 g/mol. The van der Waals surface area contributed by atoms with Gasteiger partial charge in [-0.15, -0.1) is 0 Å². The molecule has 9 heteroatoms. The van der Waals surface area contributed by atoms with Crippen LogP contribution in [0.5, 0.6) is 0 Å². The first-order valence-electron chi connectivity index (χ1n) is 13.2. The van der Waals surface area contributed by atoms with Crippen molar-refractivity contribution >= 4 is 27.7 Å². The van der Waals surface area contributed by atoms with Crippen LogP contribution in [0.15, 0.2) is 23.1 Å². The zero-order valence-electron chi connectivity index (χ0n) is 21.6. The van der Waals surface area contributed by atoms with E-state index in [4.69, 9.17) is 9.47 Å². The van der Waals surface area contributed by atoms with Crippen molar-refractivity contribution < 1.29 is 14.3 Å². The van der Waals surface area contributed by atoms with Crippen LogP contribution in [0.3, 0.4) is 0 Å². The van der Waals surface area contributed by atoms with E-state index in [1.165, 1.54) is 0 Å². The molecule has 2 aliphatic heterocycles. The van der Waals surface area contributed by atoms with Gasteiger partial charge in [-0.1, -0.05) is 0 Å². The number of carbonyl (C=O) groups is 1. The lowest BCUT2D eigenvalue weighted by atomic mass is 10.0. The molecule has 0 radical (unpaired) electrons. The van der Waals surface area contributed by atoms with E-state index in [-0.39, 0.29) is 23.6 Å². The molecule has 2 saturated heterocycles. The van der Waals surface area contributed by atoms with Crippen molar-refractivity contribution in [3.05, 3.63) is 39.8 Å². The smallest absolute Gasteiger partial charge is 0.259 e. The predicted molar refractivity (Wildman–Crippen MR) is 140 cm³/mol. The van der Waals surface area contributed by atoms with Gasteiger partial charge in [0, 0.05) is 63.5 Å². The highest BCUT2D eigenvalue weighted by Gasteiger charge is 2.25. The lowest BCUT2D eigenvalue weighted by Gasteiger charge is -2.35. The number of nitrogens with zero attached hydrogens (tertiary/aromatic N) is 4. The highest BCUT2D eigenvalue weighted by Crippen LogP contribution is 2.30. The van der Waals surface area contributed by atoms with Crippen LogP contribution in [-0.4, -0.2) is 89.1 Å². The van der Waals surface area contributed by atoms with Crippen LogP contribution in [0.1, 0.15) is 55.1 Å². The molecular formula is C27H37N5O4. The number of nitrogens with one attached hydrogen (secondary N) is 1. The second-order valence-corrected chi connectivity index (χ2v) is 10.3. The van der Waals surface area contributed by atoms with Gasteiger partial charge in [-0.25, -0.2) is 0 Å². The molecule has 2 aromatic heterocycles. The Balaban J connectivity index is 1.38. The van der Waals surface area contributed by atoms with Crippen molar-refractivity contribution in [2.75, 3.05) is 52.5 Å². The Morgan fingerprint density at radius 3 is 2.64 bits per heavy atom. The number of rotatable bonds is 7. The lowest BCUT2D eigenvalue weighted by molar-refractivity contribution is 0.0545. The van der Waals surface area contributed by atoms with Gasteiger partial charge in [-0.2, -0.15) is 5.10 Å². The molecule has 0 atom stereocenters. The van der Waals surface area contributed by atoms with Crippen LogP contribution in [0.4, 0.5) is 0 Å². The highest BCUT2D eigenvalue weighted by atomic mass is 16.5. The average molecular weight is 496 g/mol. The molecule has 2 aliphatic rings. The van der Waals surface area contributed by atoms with Crippen LogP contribution in [0, 0.1) is 6.92 Å². The summed E-state index contributed by atoms with van der Waals surface area (Å²) in [6, 6.07) is 4.06. The van der Waals surface area contributed by atoms with Crippen molar-refractivity contribution in [1.82, 2.24) is 24.6 Å². The molecule has 1 N–H and O–H groups in total. The van der Waals surface area contributed by atoms with Gasteiger partial charge in [-0.3, -0.25) is 19.2 Å². The summed E-state index contributed by atoms with van der Waals surface area (Å²) in [7, 11) is 0. The molecule has 0 bridgehead atoms. The van der Waals surface area contributed by atoms with E-state index in [0.29, 0.717) is 37.3 Å². The zero-order chi connectivity index (χ0) is 25.2. The van der Waals surface area contributed by atoms with Crippen molar-refractivity contribution in [2.24, 2.45) is 0 Å². The first-order valence-corrected chi connectivity index (χ1v) is 13.2. The predicted octanol–water partition coefficient (Wildman–Crippen LogP) is 3.11. The van der Waals surface area contributed by atoms with Crippen molar-refractivity contribution in [2.45, 2.75) is 52.2 Å².